The van der Waals surface area contributed by atoms with Gasteiger partial charge in [-0.25, -0.2) is 0 Å². The Bertz CT molecular complexity index is 987. The molecule has 0 saturated heterocycles. The van der Waals surface area contributed by atoms with Crippen molar-refractivity contribution in [2.24, 2.45) is 0 Å². The number of benzene rings is 2. The molecular weight excluding hydrogens is 362 g/mol. The minimum Gasteiger partial charge on any atom is -0.493 e. The maximum absolute atomic E-state index is 13.7. The molecule has 0 radical (unpaired) electrons. The predicted octanol–water partition coefficient (Wildman–Crippen LogP) is 2.36. The Morgan fingerprint density at radius 2 is 1.89 bits per heavy atom. The van der Waals surface area contributed by atoms with Crippen molar-refractivity contribution in [3.8, 4) is 23.0 Å². The molecule has 2 aromatic rings. The highest BCUT2D eigenvalue weighted by Crippen LogP contribution is 2.56. The van der Waals surface area contributed by atoms with Crippen LogP contribution in [0.25, 0.3) is 0 Å². The zero-order valence-corrected chi connectivity index (χ0v) is 16.0. The summed E-state index contributed by atoms with van der Waals surface area (Å²) < 4.78 is 28.3. The summed E-state index contributed by atoms with van der Waals surface area (Å²) in [4.78, 5) is 13.7. The van der Waals surface area contributed by atoms with E-state index in [1.165, 1.54) is 0 Å². The van der Waals surface area contributed by atoms with Crippen LogP contribution in [0.5, 0.6) is 23.0 Å². The molecule has 2 aromatic carbocycles. The first-order valence-corrected chi connectivity index (χ1v) is 9.17. The third-order valence-corrected chi connectivity index (χ3v) is 5.92. The molecule has 1 N–H and O–H groups in total. The third-order valence-electron chi connectivity index (χ3n) is 5.92. The molecule has 0 fully saturated rings. The van der Waals surface area contributed by atoms with Crippen molar-refractivity contribution in [1.82, 2.24) is 5.32 Å². The average Bonchev–Trinajstić information content (AvgIpc) is 3.22. The van der Waals surface area contributed by atoms with Crippen LogP contribution in [0.3, 0.4) is 0 Å². The van der Waals surface area contributed by atoms with Gasteiger partial charge in [-0.05, 0) is 42.8 Å². The number of rotatable bonds is 3. The van der Waals surface area contributed by atoms with Gasteiger partial charge in [0.15, 0.2) is 28.6 Å². The van der Waals surface area contributed by atoms with Gasteiger partial charge < -0.3 is 29.0 Å². The smallest absolute Gasteiger partial charge is 0.231 e. The van der Waals surface area contributed by atoms with Crippen LogP contribution in [0.4, 0.5) is 0 Å². The average molecular weight is 383 g/mol. The first-order valence-electron chi connectivity index (χ1n) is 9.17. The topological polar surface area (TPSA) is 75.2 Å². The van der Waals surface area contributed by atoms with Gasteiger partial charge in [-0.1, -0.05) is 0 Å². The fraction of sp³-hybridized carbons (Fsp3) is 0.381. The number of hydrogen-bond donors (Lipinski definition) is 1. The van der Waals surface area contributed by atoms with Crippen molar-refractivity contribution >= 4 is 5.78 Å². The molecule has 0 amide bonds. The monoisotopic (exact) mass is 383 g/mol. The predicted molar refractivity (Wildman–Crippen MR) is 99.6 cm³/mol. The molecule has 7 nitrogen and oxygen atoms in total. The maximum Gasteiger partial charge on any atom is 0.231 e. The normalized spacial score (nSPS) is 24.2. The van der Waals surface area contributed by atoms with Crippen LogP contribution >= 0.6 is 0 Å². The summed E-state index contributed by atoms with van der Waals surface area (Å²) >= 11 is 0. The lowest BCUT2D eigenvalue weighted by molar-refractivity contribution is -0.0179. The summed E-state index contributed by atoms with van der Waals surface area (Å²) in [7, 11) is 4.74. The minimum atomic E-state index is -1.21. The van der Waals surface area contributed by atoms with Gasteiger partial charge >= 0.3 is 0 Å². The van der Waals surface area contributed by atoms with Gasteiger partial charge in [0.1, 0.15) is 0 Å². The summed E-state index contributed by atoms with van der Waals surface area (Å²) in [5, 5.41) is 3.51. The van der Waals surface area contributed by atoms with Crippen molar-refractivity contribution in [3.05, 3.63) is 46.5 Å². The van der Waals surface area contributed by atoms with Gasteiger partial charge in [0.2, 0.25) is 12.6 Å². The second-order valence-corrected chi connectivity index (χ2v) is 7.03. The van der Waals surface area contributed by atoms with E-state index in [-0.39, 0.29) is 12.6 Å². The molecule has 0 aromatic heterocycles. The number of carbonyl (C=O) groups is 1. The lowest BCUT2D eigenvalue weighted by Crippen LogP contribution is -2.43. The van der Waals surface area contributed by atoms with Crippen LogP contribution in [0, 0.1) is 0 Å². The highest BCUT2D eigenvalue weighted by molar-refractivity contribution is 6.09. The molecule has 0 spiro atoms. The van der Waals surface area contributed by atoms with Crippen molar-refractivity contribution < 1.29 is 28.5 Å². The molecule has 2 atom stereocenters. The number of Topliss-reactive ketones (excluding diaryl/α,β-unsaturated/α-hetero) is 1. The Kier molecular flexibility index (Phi) is 3.79. The molecule has 2 aliphatic heterocycles. The standard InChI is InChI=1S/C21H21NO6/c1-24-14-5-4-12-17(18(14)25-2)19-21(26-3,20(12)23)13-9-16-15(27-10-28-16)8-11(13)6-7-22-19/h4-5,8-9,19,22H,6-7,10H2,1-3H3. The van der Waals surface area contributed by atoms with Crippen molar-refractivity contribution in [1.29, 1.82) is 0 Å². The molecule has 0 saturated carbocycles. The molecule has 1 aliphatic carbocycles. The number of hydrogen-bond acceptors (Lipinski definition) is 7. The van der Waals surface area contributed by atoms with E-state index >= 15 is 0 Å². The molecule has 0 bridgehead atoms. The Labute approximate surface area is 162 Å². The largest absolute Gasteiger partial charge is 0.493 e. The minimum absolute atomic E-state index is 0.106. The second-order valence-electron chi connectivity index (χ2n) is 7.03. The van der Waals surface area contributed by atoms with Crippen LogP contribution in [0.2, 0.25) is 0 Å². The zero-order chi connectivity index (χ0) is 19.5. The number of ether oxygens (including phenoxy) is 5. The molecule has 7 heteroatoms. The summed E-state index contributed by atoms with van der Waals surface area (Å²) in [6, 6.07) is 6.96. The van der Waals surface area contributed by atoms with E-state index in [0.29, 0.717) is 35.1 Å². The van der Waals surface area contributed by atoms with Gasteiger partial charge in [0.25, 0.3) is 0 Å². The fourth-order valence-corrected chi connectivity index (χ4v) is 4.70. The lowest BCUT2D eigenvalue weighted by Gasteiger charge is -2.33. The summed E-state index contributed by atoms with van der Waals surface area (Å²) in [6.07, 6.45) is 0.739. The number of fused-ring (bicyclic) bond motifs is 6. The SMILES string of the molecule is COc1ccc2c(c1OC)C1NCCc3cc4c(cc3C1(OC)C2=O)OCO4. The first kappa shape index (κ1) is 17.3. The Balaban J connectivity index is 1.79. The molecule has 2 heterocycles. The molecule has 2 unspecified atom stereocenters. The zero-order valence-electron chi connectivity index (χ0n) is 16.0. The summed E-state index contributed by atoms with van der Waals surface area (Å²) in [6.45, 7) is 0.856. The van der Waals surface area contributed by atoms with Crippen molar-refractivity contribution in [2.75, 3.05) is 34.7 Å². The number of ketones is 1. The van der Waals surface area contributed by atoms with E-state index in [9.17, 15) is 4.79 Å². The summed E-state index contributed by atoms with van der Waals surface area (Å²) in [5.74, 6) is 2.35. The second kappa shape index (κ2) is 6.12. The van der Waals surface area contributed by atoms with Gasteiger partial charge in [0.05, 0.1) is 20.3 Å². The summed E-state index contributed by atoms with van der Waals surface area (Å²) in [5.41, 5.74) is 1.93. The first-order chi connectivity index (χ1) is 13.7. The van der Waals surface area contributed by atoms with E-state index in [0.717, 1.165) is 23.1 Å². The number of methoxy groups -OCH3 is 3. The Hall–Kier alpha value is -2.77. The highest BCUT2D eigenvalue weighted by Gasteiger charge is 2.58. The van der Waals surface area contributed by atoms with Crippen molar-refractivity contribution in [2.45, 2.75) is 18.1 Å². The van der Waals surface area contributed by atoms with Crippen LogP contribution in [0.1, 0.15) is 33.1 Å². The van der Waals surface area contributed by atoms with Crippen LogP contribution in [-0.4, -0.2) is 40.5 Å². The fourth-order valence-electron chi connectivity index (χ4n) is 4.70. The third kappa shape index (κ3) is 2.03. The molecule has 146 valence electrons. The maximum atomic E-state index is 13.7. The molecular formula is C21H21NO6. The van der Waals surface area contributed by atoms with Gasteiger partial charge in [0, 0.05) is 23.8 Å². The van der Waals surface area contributed by atoms with E-state index in [4.69, 9.17) is 23.7 Å². The van der Waals surface area contributed by atoms with E-state index in [1.807, 2.05) is 12.1 Å². The van der Waals surface area contributed by atoms with Crippen LogP contribution in [0.15, 0.2) is 24.3 Å². The van der Waals surface area contributed by atoms with E-state index in [1.54, 1.807) is 33.5 Å². The molecule has 3 aliphatic rings. The Morgan fingerprint density at radius 3 is 2.61 bits per heavy atom. The highest BCUT2D eigenvalue weighted by atomic mass is 16.7. The molecule has 28 heavy (non-hydrogen) atoms. The van der Waals surface area contributed by atoms with Crippen molar-refractivity contribution in [3.63, 3.8) is 0 Å². The van der Waals surface area contributed by atoms with Gasteiger partial charge in [-0.2, -0.15) is 0 Å². The van der Waals surface area contributed by atoms with E-state index < -0.39 is 11.6 Å². The number of carbonyl (C=O) groups excluding carboxylic acids is 1. The van der Waals surface area contributed by atoms with Crippen LogP contribution in [-0.2, 0) is 16.8 Å². The molecule has 5 rings (SSSR count). The lowest BCUT2D eigenvalue weighted by atomic mass is 9.83. The quantitative estimate of drug-likeness (QED) is 0.872. The van der Waals surface area contributed by atoms with Gasteiger partial charge in [-0.15, -0.1) is 0 Å². The van der Waals surface area contributed by atoms with Gasteiger partial charge in [-0.3, -0.25) is 4.79 Å². The number of nitrogens with one attached hydrogen (secondary N) is 1. The van der Waals surface area contributed by atoms with Crippen LogP contribution < -0.4 is 24.3 Å². The van der Waals surface area contributed by atoms with E-state index in [2.05, 4.69) is 5.32 Å². The Morgan fingerprint density at radius 1 is 1.11 bits per heavy atom.